The minimum atomic E-state index is -1.01. The van der Waals surface area contributed by atoms with Crippen LogP contribution in [0.5, 0.6) is 0 Å². The number of aliphatic imine (C=N–C) groups is 1. The lowest BCUT2D eigenvalue weighted by Crippen LogP contribution is -2.52. The van der Waals surface area contributed by atoms with E-state index in [2.05, 4.69) is 24.2 Å². The smallest absolute Gasteiger partial charge is 0.285 e. The molecule has 0 aromatic carbocycles. The van der Waals surface area contributed by atoms with E-state index in [9.17, 15) is 24.0 Å². The molecule has 6 aliphatic rings. The average Bonchev–Trinajstić information content (AvgIpc) is 3.53. The zero-order valence-electron chi connectivity index (χ0n) is 31.6. The number of nitrogens with one attached hydrogen (secondary N) is 1. The van der Waals surface area contributed by atoms with Gasteiger partial charge in [-0.3, -0.25) is 33.8 Å². The monoisotopic (exact) mass is 704 g/mol. The molecule has 51 heavy (non-hydrogen) atoms. The second-order valence-corrected chi connectivity index (χ2v) is 18.6. The van der Waals surface area contributed by atoms with Crippen molar-refractivity contribution in [3.05, 3.63) is 12.3 Å². The third kappa shape index (κ3) is 6.67. The minimum absolute atomic E-state index is 0.00797. The summed E-state index contributed by atoms with van der Waals surface area (Å²) in [5, 5.41) is 3.04. The zero-order valence-corrected chi connectivity index (χ0v) is 31.6. The van der Waals surface area contributed by atoms with Gasteiger partial charge in [0.05, 0.1) is 12.1 Å². The van der Waals surface area contributed by atoms with Crippen molar-refractivity contribution < 1.29 is 28.8 Å². The Morgan fingerprint density at radius 2 is 1.63 bits per heavy atom. The Hall–Kier alpha value is -3.17. The van der Waals surface area contributed by atoms with Crippen molar-refractivity contribution in [2.24, 2.45) is 56.1 Å². The fraction of sp³-hybridized carbons (Fsp3) is 0.780. The molecule has 0 aromatic heterocycles. The van der Waals surface area contributed by atoms with Gasteiger partial charge < -0.3 is 16.0 Å². The number of nitrogens with two attached hydrogens (primary N) is 1. The third-order valence-corrected chi connectivity index (χ3v) is 14.8. The van der Waals surface area contributed by atoms with Gasteiger partial charge in [0, 0.05) is 49.3 Å². The largest absolute Gasteiger partial charge is 0.363 e. The van der Waals surface area contributed by atoms with E-state index < -0.39 is 41.0 Å². The van der Waals surface area contributed by atoms with Crippen molar-refractivity contribution in [2.45, 2.75) is 149 Å². The van der Waals surface area contributed by atoms with Crippen molar-refractivity contribution >= 4 is 40.8 Å². The quantitative estimate of drug-likeness (QED) is 0.223. The zero-order chi connectivity index (χ0) is 36.9. The van der Waals surface area contributed by atoms with Gasteiger partial charge in [-0.05, 0) is 66.6 Å². The molecule has 0 bridgehead atoms. The summed E-state index contributed by atoms with van der Waals surface area (Å²) in [4.78, 5) is 88.2. The van der Waals surface area contributed by atoms with Gasteiger partial charge in [0.2, 0.25) is 11.7 Å². The lowest BCUT2D eigenvalue weighted by atomic mass is 9.73. The lowest BCUT2D eigenvalue weighted by molar-refractivity contribution is -0.147. The highest BCUT2D eigenvalue weighted by Crippen LogP contribution is 2.88. The lowest BCUT2D eigenvalue weighted by Gasteiger charge is -2.37. The Labute approximate surface area is 303 Å². The molecule has 5 fully saturated rings. The number of likely N-dealkylation sites (tertiary alicyclic amines) is 1. The van der Waals surface area contributed by atoms with Crippen molar-refractivity contribution in [1.29, 1.82) is 0 Å². The van der Waals surface area contributed by atoms with Crippen LogP contribution in [0.3, 0.4) is 0 Å². The molecule has 4 aliphatic carbocycles. The molecule has 5 atom stereocenters. The van der Waals surface area contributed by atoms with E-state index in [-0.39, 0.29) is 58.4 Å². The van der Waals surface area contributed by atoms with E-state index >= 15 is 4.79 Å². The average molecular weight is 705 g/mol. The molecule has 2 heterocycles. The van der Waals surface area contributed by atoms with Crippen LogP contribution in [0.15, 0.2) is 17.3 Å². The van der Waals surface area contributed by atoms with Crippen LogP contribution in [0.2, 0.25) is 0 Å². The first kappa shape index (κ1) is 37.6. The predicted octanol–water partition coefficient (Wildman–Crippen LogP) is 5.65. The molecule has 0 radical (unpaired) electrons. The van der Waals surface area contributed by atoms with E-state index in [0.717, 1.165) is 70.6 Å². The fourth-order valence-electron chi connectivity index (χ4n) is 11.1. The first-order valence-corrected chi connectivity index (χ1v) is 19.7. The summed E-state index contributed by atoms with van der Waals surface area (Å²) in [6.07, 6.45) is 15.7. The first-order valence-electron chi connectivity index (χ1n) is 19.7. The summed E-state index contributed by atoms with van der Waals surface area (Å²) in [6, 6.07) is -1.45. The number of Topliss-reactive ketones (excluding diaryl/α,β-unsaturated/α-hetero) is 3. The maximum absolute atomic E-state index is 15.0. The summed E-state index contributed by atoms with van der Waals surface area (Å²) in [6.45, 7) is 10.9. The molecule has 6 rings (SSSR count). The number of carbonyl (C=O) groups excluding carboxylic acids is 6. The molecule has 1 unspecified atom stereocenters. The number of hydrogen-bond acceptors (Lipinski definition) is 7. The number of nitrogens with zero attached hydrogens (tertiary/aromatic N) is 2. The summed E-state index contributed by atoms with van der Waals surface area (Å²) < 4.78 is 0. The van der Waals surface area contributed by atoms with Crippen LogP contribution in [0.4, 0.5) is 0 Å². The van der Waals surface area contributed by atoms with Gasteiger partial charge >= 0.3 is 0 Å². The molecule has 3 amide bonds. The SMILES string of the molecule is CC(C)(C)[C@H](CC(=O)[C@@H](NC(=O)C1=NC=CC1)C1CCCCC1)C(=O)N1C[C@]2(C[C@H]1C(=O)CC(CC1CCC1)C(=O)C(N)=O)C(C)(C)C21CCC1. The third-order valence-electron chi connectivity index (χ3n) is 14.8. The summed E-state index contributed by atoms with van der Waals surface area (Å²) in [5.74, 6) is -3.80. The van der Waals surface area contributed by atoms with Crippen LogP contribution in [0, 0.1) is 45.3 Å². The standard InChI is InChI=1S/C41H60N4O6/c1-38(2,3)28(22-32(47)33(26-14-7-6-8-15-26)44-36(50)29-16-10-19-43-29)37(51)45-24-41(39(4,5)40(41)17-11-18-40)23-30(45)31(46)21-27(34(48)35(42)49)20-25-12-9-13-25/h10,19,25-28,30,33H,6-9,11-18,20-24H2,1-5H3,(H2,42,49)(H,44,50)/t27?,28-,30+,33+,41-/m1/s1. The van der Waals surface area contributed by atoms with Gasteiger partial charge in [-0.2, -0.15) is 0 Å². The molecule has 280 valence electrons. The van der Waals surface area contributed by atoms with E-state index in [1.807, 2.05) is 26.8 Å². The van der Waals surface area contributed by atoms with Gasteiger partial charge in [-0.15, -0.1) is 0 Å². The van der Waals surface area contributed by atoms with E-state index in [4.69, 9.17) is 5.73 Å². The predicted molar refractivity (Wildman–Crippen MR) is 194 cm³/mol. The number of hydrogen-bond donors (Lipinski definition) is 2. The van der Waals surface area contributed by atoms with Crippen LogP contribution >= 0.6 is 0 Å². The van der Waals surface area contributed by atoms with E-state index in [0.29, 0.717) is 37.4 Å². The van der Waals surface area contributed by atoms with E-state index in [1.54, 1.807) is 11.1 Å². The molecular formula is C41H60N4O6. The number of fused-ring (bicyclic) bond motifs is 1. The van der Waals surface area contributed by atoms with E-state index in [1.165, 1.54) is 0 Å². The van der Waals surface area contributed by atoms with Crippen LogP contribution < -0.4 is 11.1 Å². The molecule has 2 aliphatic heterocycles. The molecule has 3 N–H and O–H groups in total. The summed E-state index contributed by atoms with van der Waals surface area (Å²) in [7, 11) is 0. The van der Waals surface area contributed by atoms with Crippen LogP contribution in [0.25, 0.3) is 0 Å². The maximum atomic E-state index is 15.0. The first-order chi connectivity index (χ1) is 24.0. The second-order valence-electron chi connectivity index (χ2n) is 18.6. The molecule has 2 spiro atoms. The van der Waals surface area contributed by atoms with Crippen LogP contribution in [-0.4, -0.2) is 64.3 Å². The van der Waals surface area contributed by atoms with Gasteiger partial charge in [0.25, 0.3) is 11.8 Å². The number of allylic oxidation sites excluding steroid dienone is 1. The topological polar surface area (TPSA) is 156 Å². The van der Waals surface area contributed by atoms with Gasteiger partial charge in [-0.25, -0.2) is 0 Å². The Morgan fingerprint density at radius 3 is 2.14 bits per heavy atom. The Balaban J connectivity index is 1.27. The molecule has 1 saturated heterocycles. The van der Waals surface area contributed by atoms with Crippen molar-refractivity contribution in [2.75, 3.05) is 6.54 Å². The summed E-state index contributed by atoms with van der Waals surface area (Å²) in [5.41, 5.74) is 5.05. The van der Waals surface area contributed by atoms with Gasteiger partial charge in [-0.1, -0.05) is 85.6 Å². The number of primary amides is 1. The molecular weight excluding hydrogens is 644 g/mol. The van der Waals surface area contributed by atoms with Crippen molar-refractivity contribution in [1.82, 2.24) is 10.2 Å². The normalized spacial score (nSPS) is 28.4. The highest BCUT2D eigenvalue weighted by atomic mass is 16.2. The maximum Gasteiger partial charge on any atom is 0.285 e. The summed E-state index contributed by atoms with van der Waals surface area (Å²) >= 11 is 0. The Morgan fingerprint density at radius 1 is 0.941 bits per heavy atom. The van der Waals surface area contributed by atoms with Crippen LogP contribution in [-0.2, 0) is 28.8 Å². The number of amides is 3. The highest BCUT2D eigenvalue weighted by molar-refractivity contribution is 6.40. The highest BCUT2D eigenvalue weighted by Gasteiger charge is 2.85. The van der Waals surface area contributed by atoms with Crippen molar-refractivity contribution in [3.63, 3.8) is 0 Å². The number of rotatable bonds is 14. The van der Waals surface area contributed by atoms with Crippen molar-refractivity contribution in [3.8, 4) is 0 Å². The molecule has 0 aromatic rings. The van der Waals surface area contributed by atoms with Crippen LogP contribution in [0.1, 0.15) is 137 Å². The number of ketones is 3. The fourth-order valence-corrected chi connectivity index (χ4v) is 11.1. The molecule has 10 nitrogen and oxygen atoms in total. The Bertz CT molecular complexity index is 1510. The Kier molecular flexibility index (Phi) is 10.3. The second kappa shape index (κ2) is 14.0. The minimum Gasteiger partial charge on any atom is -0.363 e. The van der Waals surface area contributed by atoms with Gasteiger partial charge in [0.15, 0.2) is 11.6 Å². The molecule has 4 saturated carbocycles. The van der Waals surface area contributed by atoms with Gasteiger partial charge in [0.1, 0.15) is 5.71 Å². The number of carbonyl (C=O) groups is 6. The molecule has 10 heteroatoms.